The van der Waals surface area contributed by atoms with E-state index in [9.17, 15) is 9.59 Å². The monoisotopic (exact) mass is 793 g/mol. The maximum absolute atomic E-state index is 12.8. The first-order valence-electron chi connectivity index (χ1n) is 22.2. The highest BCUT2D eigenvalue weighted by atomic mass is 16.5. The molecule has 0 radical (unpaired) electrons. The number of nitrogens with zero attached hydrogens (tertiary/aromatic N) is 4. The Labute approximate surface area is 344 Å². The van der Waals surface area contributed by atoms with Crippen molar-refractivity contribution in [1.29, 1.82) is 0 Å². The van der Waals surface area contributed by atoms with Gasteiger partial charge in [-0.25, -0.2) is 4.79 Å². The Kier molecular flexibility index (Phi) is 20.1. The highest BCUT2D eigenvalue weighted by molar-refractivity contribution is 5.94. The lowest BCUT2D eigenvalue weighted by Crippen LogP contribution is -2.61. The summed E-state index contributed by atoms with van der Waals surface area (Å²) in [6.07, 6.45) is 17.4. The number of carboxylic acids is 1. The number of nitrogens with one attached hydrogen (secondary N) is 1. The summed E-state index contributed by atoms with van der Waals surface area (Å²) in [5, 5.41) is 11.9. The molecule has 57 heavy (non-hydrogen) atoms. The normalized spacial score (nSPS) is 20.2. The van der Waals surface area contributed by atoms with E-state index < -0.39 is 5.97 Å². The van der Waals surface area contributed by atoms with Crippen molar-refractivity contribution in [2.45, 2.75) is 115 Å². The highest BCUT2D eigenvalue weighted by Crippen LogP contribution is 2.35. The van der Waals surface area contributed by atoms with Crippen LogP contribution in [-0.4, -0.2) is 140 Å². The molecule has 0 aromatic heterocycles. The lowest BCUT2D eigenvalue weighted by atomic mass is 9.79. The van der Waals surface area contributed by atoms with E-state index >= 15 is 0 Å². The average molecular weight is 793 g/mol. The first-order chi connectivity index (χ1) is 27.6. The van der Waals surface area contributed by atoms with E-state index in [1.807, 2.05) is 24.3 Å². The van der Waals surface area contributed by atoms with Crippen molar-refractivity contribution >= 4 is 11.9 Å². The first-order valence-corrected chi connectivity index (χ1v) is 22.2. The maximum Gasteiger partial charge on any atom is 0.335 e. The van der Waals surface area contributed by atoms with Gasteiger partial charge in [0, 0.05) is 82.1 Å². The predicted octanol–water partition coefficient (Wildman–Crippen LogP) is 7.00. The lowest BCUT2D eigenvalue weighted by Gasteiger charge is -2.49. The molecule has 2 heterocycles. The van der Waals surface area contributed by atoms with Crippen LogP contribution in [0.25, 0.3) is 0 Å². The van der Waals surface area contributed by atoms with Crippen LogP contribution in [0, 0.1) is 0 Å². The van der Waals surface area contributed by atoms with E-state index in [4.69, 9.17) is 20.3 Å². The molecule has 2 saturated carbocycles. The van der Waals surface area contributed by atoms with Crippen LogP contribution in [0.4, 0.5) is 0 Å². The largest absolute Gasteiger partial charge is 0.494 e. The molecular formula is C46H76N6O5. The molecule has 0 atom stereocenters. The van der Waals surface area contributed by atoms with Gasteiger partial charge in [0.2, 0.25) is 0 Å². The highest BCUT2D eigenvalue weighted by Gasteiger charge is 2.40. The van der Waals surface area contributed by atoms with Gasteiger partial charge in [0.05, 0.1) is 18.8 Å². The Morgan fingerprint density at radius 1 is 0.632 bits per heavy atom. The van der Waals surface area contributed by atoms with Crippen molar-refractivity contribution in [2.24, 2.45) is 5.73 Å². The van der Waals surface area contributed by atoms with Gasteiger partial charge in [-0.2, -0.15) is 0 Å². The Bertz CT molecular complexity index is 1410. The molecule has 4 fully saturated rings. The fourth-order valence-corrected chi connectivity index (χ4v) is 8.65. The number of benzene rings is 2. The number of unbranched alkanes of at least 4 members (excludes halogenated alkanes) is 2. The zero-order valence-electron chi connectivity index (χ0n) is 35.9. The van der Waals surface area contributed by atoms with Crippen molar-refractivity contribution in [3.8, 4) is 11.5 Å². The summed E-state index contributed by atoms with van der Waals surface area (Å²) in [7, 11) is 4.41. The molecule has 0 spiro atoms. The fraction of sp³-hybridized carbons (Fsp3) is 0.696. The molecule has 2 aliphatic carbocycles. The number of carbonyl (C=O) groups excluding carboxylic acids is 1. The maximum atomic E-state index is 12.8. The molecule has 11 nitrogen and oxygen atoms in total. The van der Waals surface area contributed by atoms with Gasteiger partial charge in [-0.05, 0) is 101 Å². The van der Waals surface area contributed by atoms with E-state index in [2.05, 4.69) is 52.9 Å². The minimum Gasteiger partial charge on any atom is -0.494 e. The number of ether oxygens (including phenoxy) is 2. The summed E-state index contributed by atoms with van der Waals surface area (Å²) in [4.78, 5) is 33.4. The van der Waals surface area contributed by atoms with E-state index in [1.54, 1.807) is 24.3 Å². The second-order valence-electron chi connectivity index (χ2n) is 16.8. The molecule has 0 unspecified atom stereocenters. The first kappa shape index (κ1) is 46.5. The SMILES string of the molecule is CCCCOc1ccc(C(=O)NCC2(N3CCN(C)CC3)CCCCC2)cc1.CCCCOc1ccc(C(=O)O)cc1.CN1CCN(C2(CN)CCCCC2)CC1. The number of carboxylic acid groups (broad SMARTS) is 1. The smallest absolute Gasteiger partial charge is 0.335 e. The molecule has 4 N–H and O–H groups in total. The zero-order valence-corrected chi connectivity index (χ0v) is 35.9. The van der Waals surface area contributed by atoms with Crippen LogP contribution in [0.1, 0.15) is 124 Å². The molecular weight excluding hydrogens is 717 g/mol. The third-order valence-corrected chi connectivity index (χ3v) is 12.6. The van der Waals surface area contributed by atoms with Crippen molar-refractivity contribution in [2.75, 3.05) is 92.8 Å². The second-order valence-corrected chi connectivity index (χ2v) is 16.8. The third-order valence-electron chi connectivity index (χ3n) is 12.6. The van der Waals surface area contributed by atoms with Crippen LogP contribution in [0.3, 0.4) is 0 Å². The van der Waals surface area contributed by atoms with Crippen molar-refractivity contribution in [3.63, 3.8) is 0 Å². The van der Waals surface area contributed by atoms with E-state index in [1.165, 1.54) is 90.4 Å². The van der Waals surface area contributed by atoms with Gasteiger partial charge in [0.25, 0.3) is 5.91 Å². The molecule has 320 valence electrons. The standard InChI is InChI=1S/C23H37N3O2.C12H25N3.C11H14O3/c1-3-4-18-28-21-10-8-20(9-11-21)22(27)24-19-23(12-6-5-7-13-23)26-16-14-25(2)15-17-26;1-14-7-9-15(10-8-14)12(11-13)5-3-2-4-6-12;1-2-3-8-14-10-6-4-9(5-7-10)11(12)13/h8-11H,3-7,12-19H2,1-2H3,(H,24,27);2-11,13H2,1H3;4-7H,2-3,8H2,1H3,(H,12,13). The molecule has 2 aromatic carbocycles. The van der Waals surface area contributed by atoms with Gasteiger partial charge in [0.15, 0.2) is 0 Å². The van der Waals surface area contributed by atoms with Crippen LogP contribution in [0.15, 0.2) is 48.5 Å². The molecule has 4 aliphatic rings. The number of aromatic carboxylic acids is 1. The molecule has 1 amide bonds. The van der Waals surface area contributed by atoms with Crippen LogP contribution in [0.5, 0.6) is 11.5 Å². The Morgan fingerprint density at radius 3 is 1.44 bits per heavy atom. The van der Waals surface area contributed by atoms with Gasteiger partial charge >= 0.3 is 5.97 Å². The van der Waals surface area contributed by atoms with E-state index in [0.717, 1.165) is 83.1 Å². The molecule has 6 rings (SSSR count). The Hall–Kier alpha value is -3.22. The van der Waals surface area contributed by atoms with Crippen LogP contribution in [0.2, 0.25) is 0 Å². The average Bonchev–Trinajstić information content (AvgIpc) is 3.25. The predicted molar refractivity (Wildman–Crippen MR) is 232 cm³/mol. The van der Waals surface area contributed by atoms with Gasteiger partial charge < -0.3 is 35.4 Å². The topological polar surface area (TPSA) is 124 Å². The molecule has 11 heteroatoms. The minimum atomic E-state index is -0.912. The van der Waals surface area contributed by atoms with E-state index in [0.29, 0.717) is 17.7 Å². The van der Waals surface area contributed by atoms with Crippen LogP contribution >= 0.6 is 0 Å². The fourth-order valence-electron chi connectivity index (χ4n) is 8.65. The van der Waals surface area contributed by atoms with Gasteiger partial charge in [0.1, 0.15) is 11.5 Å². The Morgan fingerprint density at radius 2 is 1.04 bits per heavy atom. The van der Waals surface area contributed by atoms with Crippen molar-refractivity contribution in [1.82, 2.24) is 24.9 Å². The summed E-state index contributed by atoms with van der Waals surface area (Å²) >= 11 is 0. The van der Waals surface area contributed by atoms with Crippen molar-refractivity contribution < 1.29 is 24.2 Å². The number of nitrogens with two attached hydrogens (primary N) is 1. The number of amides is 1. The number of rotatable bonds is 15. The number of likely N-dealkylation sites (N-methyl/N-ethyl adjacent to an activating group) is 2. The lowest BCUT2D eigenvalue weighted by molar-refractivity contribution is 0.0138. The third kappa shape index (κ3) is 14.8. The summed E-state index contributed by atoms with van der Waals surface area (Å²) in [5.41, 5.74) is 7.55. The second kappa shape index (κ2) is 24.6. The molecule has 2 saturated heterocycles. The minimum absolute atomic E-state index is 0.0270. The number of hydrogen-bond acceptors (Lipinski definition) is 9. The molecule has 2 aliphatic heterocycles. The van der Waals surface area contributed by atoms with Crippen molar-refractivity contribution in [3.05, 3.63) is 59.7 Å². The quantitative estimate of drug-likeness (QED) is 0.163. The summed E-state index contributed by atoms with van der Waals surface area (Å²) in [5.74, 6) is 0.680. The molecule has 2 aromatic rings. The van der Waals surface area contributed by atoms with Gasteiger partial charge in [-0.3, -0.25) is 14.6 Å². The summed E-state index contributed by atoms with van der Waals surface area (Å²) in [6.45, 7) is 16.6. The van der Waals surface area contributed by atoms with Gasteiger partial charge in [-0.1, -0.05) is 65.2 Å². The number of piperazine rings is 2. The number of hydrogen-bond donors (Lipinski definition) is 3. The zero-order chi connectivity index (χ0) is 40.9. The van der Waals surface area contributed by atoms with Crippen LogP contribution in [-0.2, 0) is 0 Å². The number of carbonyl (C=O) groups is 2. The van der Waals surface area contributed by atoms with Crippen LogP contribution < -0.4 is 20.5 Å². The van der Waals surface area contributed by atoms with E-state index in [-0.39, 0.29) is 17.0 Å². The summed E-state index contributed by atoms with van der Waals surface area (Å²) in [6, 6.07) is 14.0. The summed E-state index contributed by atoms with van der Waals surface area (Å²) < 4.78 is 11.1. The Balaban J connectivity index is 0.000000209. The van der Waals surface area contributed by atoms with Gasteiger partial charge in [-0.15, -0.1) is 0 Å². The molecule has 0 bridgehead atoms.